The molecule has 0 saturated heterocycles. The van der Waals surface area contributed by atoms with Crippen molar-refractivity contribution in [1.82, 2.24) is 0 Å². The number of hydrogen-bond acceptors (Lipinski definition) is 4. The molecule has 2 rings (SSSR count). The molecule has 0 spiro atoms. The SMILES string of the molecule is COc1ccc(/C=C/C(=O)c2ccc(OC(C)C)cc2)cc1OC. The third-order valence-electron chi connectivity index (χ3n) is 3.35. The smallest absolute Gasteiger partial charge is 0.185 e. The van der Waals surface area contributed by atoms with Crippen molar-refractivity contribution >= 4 is 11.9 Å². The number of methoxy groups -OCH3 is 2. The number of ether oxygens (including phenoxy) is 3. The van der Waals surface area contributed by atoms with Crippen LogP contribution in [0.2, 0.25) is 0 Å². The van der Waals surface area contributed by atoms with Crippen LogP contribution in [0.15, 0.2) is 48.5 Å². The number of rotatable bonds is 7. The maximum atomic E-state index is 12.2. The second-order valence-corrected chi connectivity index (χ2v) is 5.50. The van der Waals surface area contributed by atoms with Gasteiger partial charge in [0.2, 0.25) is 0 Å². The van der Waals surface area contributed by atoms with Gasteiger partial charge in [-0.2, -0.15) is 0 Å². The highest BCUT2D eigenvalue weighted by molar-refractivity contribution is 6.06. The summed E-state index contributed by atoms with van der Waals surface area (Å²) in [7, 11) is 3.17. The molecule has 0 radical (unpaired) electrons. The maximum absolute atomic E-state index is 12.2. The molecule has 2 aromatic rings. The lowest BCUT2D eigenvalue weighted by atomic mass is 10.1. The number of carbonyl (C=O) groups is 1. The van der Waals surface area contributed by atoms with Gasteiger partial charge in [-0.1, -0.05) is 12.1 Å². The summed E-state index contributed by atoms with van der Waals surface area (Å²) >= 11 is 0. The van der Waals surface area contributed by atoms with Crippen molar-refractivity contribution in [3.63, 3.8) is 0 Å². The molecular weight excluding hydrogens is 304 g/mol. The monoisotopic (exact) mass is 326 g/mol. The number of ketones is 1. The summed E-state index contributed by atoms with van der Waals surface area (Å²) in [5.74, 6) is 1.97. The highest BCUT2D eigenvalue weighted by Crippen LogP contribution is 2.28. The van der Waals surface area contributed by atoms with Gasteiger partial charge in [0, 0.05) is 5.56 Å². The molecule has 0 saturated carbocycles. The Hall–Kier alpha value is -2.75. The van der Waals surface area contributed by atoms with Crippen LogP contribution < -0.4 is 14.2 Å². The minimum absolute atomic E-state index is 0.0686. The van der Waals surface area contributed by atoms with Crippen LogP contribution in [0.3, 0.4) is 0 Å². The number of allylic oxidation sites excluding steroid dienone is 1. The predicted octanol–water partition coefficient (Wildman–Crippen LogP) is 4.39. The highest BCUT2D eigenvalue weighted by Gasteiger charge is 2.05. The van der Waals surface area contributed by atoms with Gasteiger partial charge in [0.25, 0.3) is 0 Å². The zero-order chi connectivity index (χ0) is 17.5. The maximum Gasteiger partial charge on any atom is 0.185 e. The summed E-state index contributed by atoms with van der Waals surface area (Å²) in [6.07, 6.45) is 3.40. The van der Waals surface area contributed by atoms with Crippen LogP contribution in [0.25, 0.3) is 6.08 Å². The Bertz CT molecular complexity index is 715. The fourth-order valence-electron chi connectivity index (χ4n) is 2.19. The van der Waals surface area contributed by atoms with Gasteiger partial charge in [0.05, 0.1) is 20.3 Å². The fraction of sp³-hybridized carbons (Fsp3) is 0.250. The fourth-order valence-corrected chi connectivity index (χ4v) is 2.19. The summed E-state index contributed by atoms with van der Waals surface area (Å²) in [6.45, 7) is 3.93. The van der Waals surface area contributed by atoms with Gasteiger partial charge in [0.1, 0.15) is 5.75 Å². The molecule has 0 aliphatic heterocycles. The first-order valence-corrected chi connectivity index (χ1v) is 7.74. The molecule has 0 atom stereocenters. The Balaban J connectivity index is 2.10. The molecule has 2 aromatic carbocycles. The molecule has 0 aliphatic carbocycles. The predicted molar refractivity (Wildman–Crippen MR) is 95.1 cm³/mol. The van der Waals surface area contributed by atoms with Crippen molar-refractivity contribution in [1.29, 1.82) is 0 Å². The minimum Gasteiger partial charge on any atom is -0.493 e. The zero-order valence-electron chi connectivity index (χ0n) is 14.4. The quantitative estimate of drug-likeness (QED) is 0.559. The van der Waals surface area contributed by atoms with Crippen molar-refractivity contribution in [3.05, 3.63) is 59.7 Å². The number of carbonyl (C=O) groups excluding carboxylic acids is 1. The van der Waals surface area contributed by atoms with Crippen LogP contribution in [0.4, 0.5) is 0 Å². The Labute approximate surface area is 142 Å². The van der Waals surface area contributed by atoms with Gasteiger partial charge in [-0.05, 0) is 61.9 Å². The van der Waals surface area contributed by atoms with Gasteiger partial charge in [0.15, 0.2) is 17.3 Å². The molecular formula is C20H22O4. The van der Waals surface area contributed by atoms with E-state index in [9.17, 15) is 4.79 Å². The second-order valence-electron chi connectivity index (χ2n) is 5.50. The average molecular weight is 326 g/mol. The van der Waals surface area contributed by atoms with Crippen LogP contribution in [0, 0.1) is 0 Å². The second kappa shape index (κ2) is 8.20. The van der Waals surface area contributed by atoms with E-state index in [1.807, 2.05) is 26.0 Å². The van der Waals surface area contributed by atoms with Gasteiger partial charge >= 0.3 is 0 Å². The molecule has 24 heavy (non-hydrogen) atoms. The Morgan fingerprint density at radius 1 is 0.958 bits per heavy atom. The molecule has 0 aromatic heterocycles. The van der Waals surface area contributed by atoms with E-state index >= 15 is 0 Å². The molecule has 0 aliphatic rings. The van der Waals surface area contributed by atoms with Crippen molar-refractivity contribution in [2.75, 3.05) is 14.2 Å². The van der Waals surface area contributed by atoms with Crippen LogP contribution in [-0.4, -0.2) is 26.1 Å². The molecule has 4 nitrogen and oxygen atoms in total. The average Bonchev–Trinajstić information content (AvgIpc) is 2.59. The Kier molecular flexibility index (Phi) is 6.01. The molecule has 0 amide bonds. The standard InChI is InChI=1S/C20H22O4/c1-14(2)24-17-9-7-16(8-10-17)18(21)11-5-15-6-12-19(22-3)20(13-15)23-4/h5-14H,1-4H3/b11-5+. The third-order valence-corrected chi connectivity index (χ3v) is 3.35. The lowest BCUT2D eigenvalue weighted by Gasteiger charge is -2.09. The van der Waals surface area contributed by atoms with Crippen molar-refractivity contribution < 1.29 is 19.0 Å². The molecule has 126 valence electrons. The van der Waals surface area contributed by atoms with E-state index in [0.29, 0.717) is 17.1 Å². The van der Waals surface area contributed by atoms with E-state index in [2.05, 4.69) is 0 Å². The normalized spacial score (nSPS) is 10.9. The third kappa shape index (κ3) is 4.62. The minimum atomic E-state index is -0.0686. The first-order chi connectivity index (χ1) is 11.5. The van der Waals surface area contributed by atoms with E-state index in [0.717, 1.165) is 11.3 Å². The van der Waals surface area contributed by atoms with E-state index < -0.39 is 0 Å². The molecule has 0 heterocycles. The van der Waals surface area contributed by atoms with E-state index in [-0.39, 0.29) is 11.9 Å². The van der Waals surface area contributed by atoms with Crippen LogP contribution in [0.1, 0.15) is 29.8 Å². The molecule has 4 heteroatoms. The van der Waals surface area contributed by atoms with Crippen molar-refractivity contribution in [2.45, 2.75) is 20.0 Å². The van der Waals surface area contributed by atoms with E-state index in [4.69, 9.17) is 14.2 Å². The van der Waals surface area contributed by atoms with E-state index in [1.165, 1.54) is 0 Å². The van der Waals surface area contributed by atoms with Gasteiger partial charge in [-0.15, -0.1) is 0 Å². The number of hydrogen-bond donors (Lipinski definition) is 0. The van der Waals surface area contributed by atoms with Gasteiger partial charge in [-0.3, -0.25) is 4.79 Å². The molecule has 0 bridgehead atoms. The molecule has 0 unspecified atom stereocenters. The largest absolute Gasteiger partial charge is 0.493 e. The molecule has 0 N–H and O–H groups in total. The first kappa shape index (κ1) is 17.6. The number of benzene rings is 2. The van der Waals surface area contributed by atoms with Crippen LogP contribution >= 0.6 is 0 Å². The van der Waals surface area contributed by atoms with Gasteiger partial charge in [-0.25, -0.2) is 0 Å². The first-order valence-electron chi connectivity index (χ1n) is 7.74. The van der Waals surface area contributed by atoms with Gasteiger partial charge < -0.3 is 14.2 Å². The molecule has 0 fully saturated rings. The van der Waals surface area contributed by atoms with Crippen molar-refractivity contribution in [2.24, 2.45) is 0 Å². The highest BCUT2D eigenvalue weighted by atomic mass is 16.5. The summed E-state index contributed by atoms with van der Waals surface area (Å²) in [5.41, 5.74) is 1.48. The van der Waals surface area contributed by atoms with Crippen molar-refractivity contribution in [3.8, 4) is 17.2 Å². The van der Waals surface area contributed by atoms with Crippen LogP contribution in [-0.2, 0) is 0 Å². The summed E-state index contributed by atoms with van der Waals surface area (Å²) in [4.78, 5) is 12.2. The van der Waals surface area contributed by atoms with E-state index in [1.54, 1.807) is 56.7 Å². The Morgan fingerprint density at radius 3 is 2.21 bits per heavy atom. The lowest BCUT2D eigenvalue weighted by molar-refractivity contribution is 0.104. The Morgan fingerprint density at radius 2 is 1.62 bits per heavy atom. The lowest BCUT2D eigenvalue weighted by Crippen LogP contribution is -2.05. The summed E-state index contributed by atoms with van der Waals surface area (Å²) in [5, 5.41) is 0. The summed E-state index contributed by atoms with van der Waals surface area (Å²) < 4.78 is 16.0. The summed E-state index contributed by atoms with van der Waals surface area (Å²) in [6, 6.07) is 12.6. The van der Waals surface area contributed by atoms with Crippen LogP contribution in [0.5, 0.6) is 17.2 Å². The topological polar surface area (TPSA) is 44.8 Å². The zero-order valence-corrected chi connectivity index (χ0v) is 14.4.